The van der Waals surface area contributed by atoms with E-state index in [4.69, 9.17) is 11.1 Å². The lowest BCUT2D eigenvalue weighted by Gasteiger charge is -2.28. The molecule has 4 heteroatoms. The Morgan fingerprint density at radius 3 is 2.61 bits per heavy atom. The van der Waals surface area contributed by atoms with E-state index < -0.39 is 0 Å². The van der Waals surface area contributed by atoms with E-state index in [0.717, 1.165) is 11.4 Å². The molecule has 1 aromatic heterocycles. The van der Waals surface area contributed by atoms with Crippen LogP contribution < -0.4 is 10.6 Å². The zero-order chi connectivity index (χ0) is 13.0. The minimum atomic E-state index is 0.105. The molecule has 1 aliphatic carbocycles. The molecule has 1 aliphatic rings. The van der Waals surface area contributed by atoms with Gasteiger partial charge >= 0.3 is 0 Å². The first-order valence-electron chi connectivity index (χ1n) is 6.72. The lowest BCUT2D eigenvalue weighted by molar-refractivity contribution is 0.549. The minimum absolute atomic E-state index is 0.105. The van der Waals surface area contributed by atoms with Gasteiger partial charge in [-0.05, 0) is 25.0 Å². The predicted octanol–water partition coefficient (Wildman–Crippen LogP) is 2.52. The van der Waals surface area contributed by atoms with E-state index >= 15 is 0 Å². The van der Waals surface area contributed by atoms with Gasteiger partial charge in [0.25, 0.3) is 0 Å². The normalized spacial score (nSPS) is 17.2. The average Bonchev–Trinajstić information content (AvgIpc) is 2.67. The summed E-state index contributed by atoms with van der Waals surface area (Å²) in [5.41, 5.74) is 6.27. The second kappa shape index (κ2) is 5.85. The number of pyridine rings is 1. The molecule has 1 fully saturated rings. The number of hydrogen-bond donors (Lipinski definition) is 2. The third-order valence-electron chi connectivity index (χ3n) is 3.79. The summed E-state index contributed by atoms with van der Waals surface area (Å²) in [6.45, 7) is 0. The monoisotopic (exact) mass is 246 g/mol. The molecule has 3 N–H and O–H groups in total. The van der Waals surface area contributed by atoms with Crippen LogP contribution in [-0.4, -0.2) is 23.9 Å². The molecule has 0 atom stereocenters. The Bertz CT molecular complexity index is 408. The van der Waals surface area contributed by atoms with Crippen molar-refractivity contribution in [1.29, 1.82) is 5.41 Å². The third kappa shape index (κ3) is 3.00. The summed E-state index contributed by atoms with van der Waals surface area (Å²) in [5.74, 6) is 1.03. The van der Waals surface area contributed by atoms with Crippen LogP contribution in [0.25, 0.3) is 0 Å². The number of nitrogens with two attached hydrogens (primary N) is 1. The van der Waals surface area contributed by atoms with E-state index in [0.29, 0.717) is 6.04 Å². The Hall–Kier alpha value is -1.58. The quantitative estimate of drug-likeness (QED) is 0.489. The lowest BCUT2D eigenvalue weighted by Crippen LogP contribution is -2.32. The standard InChI is InChI=1S/C14H22N4/c1-18(12-6-4-2-3-5-7-12)13-10-11(14(15)16)8-9-17-13/h8-10,12H,2-7H2,1H3,(H3,15,16). The number of anilines is 1. The van der Waals surface area contributed by atoms with Crippen LogP contribution in [0, 0.1) is 5.41 Å². The first-order chi connectivity index (χ1) is 8.68. The van der Waals surface area contributed by atoms with Gasteiger partial charge in [-0.2, -0.15) is 0 Å². The van der Waals surface area contributed by atoms with Gasteiger partial charge in [0, 0.05) is 24.8 Å². The van der Waals surface area contributed by atoms with Crippen LogP contribution in [0.4, 0.5) is 5.82 Å². The van der Waals surface area contributed by atoms with Crippen LogP contribution in [-0.2, 0) is 0 Å². The molecule has 0 aromatic carbocycles. The van der Waals surface area contributed by atoms with Gasteiger partial charge in [-0.15, -0.1) is 0 Å². The van der Waals surface area contributed by atoms with Gasteiger partial charge in [0.1, 0.15) is 11.7 Å². The second-order valence-electron chi connectivity index (χ2n) is 5.07. The van der Waals surface area contributed by atoms with Crippen molar-refractivity contribution < 1.29 is 0 Å². The molecule has 0 radical (unpaired) electrons. The molecular formula is C14H22N4. The van der Waals surface area contributed by atoms with Crippen LogP contribution in [0.2, 0.25) is 0 Å². The minimum Gasteiger partial charge on any atom is -0.384 e. The van der Waals surface area contributed by atoms with E-state index in [2.05, 4.69) is 16.9 Å². The lowest BCUT2D eigenvalue weighted by atomic mass is 10.1. The molecule has 0 saturated heterocycles. The fourth-order valence-electron chi connectivity index (χ4n) is 2.61. The molecule has 0 bridgehead atoms. The van der Waals surface area contributed by atoms with E-state index in [9.17, 15) is 0 Å². The Morgan fingerprint density at radius 2 is 2.00 bits per heavy atom. The molecule has 1 saturated carbocycles. The summed E-state index contributed by atoms with van der Waals surface area (Å²) < 4.78 is 0. The van der Waals surface area contributed by atoms with Crippen molar-refractivity contribution in [2.24, 2.45) is 5.73 Å². The van der Waals surface area contributed by atoms with E-state index in [1.165, 1.54) is 38.5 Å². The molecule has 1 heterocycles. The molecular weight excluding hydrogens is 224 g/mol. The average molecular weight is 246 g/mol. The smallest absolute Gasteiger partial charge is 0.129 e. The highest BCUT2D eigenvalue weighted by Gasteiger charge is 2.18. The van der Waals surface area contributed by atoms with Gasteiger partial charge in [-0.25, -0.2) is 4.98 Å². The maximum absolute atomic E-state index is 7.48. The third-order valence-corrected chi connectivity index (χ3v) is 3.79. The highest BCUT2D eigenvalue weighted by molar-refractivity contribution is 5.95. The predicted molar refractivity (Wildman–Crippen MR) is 75.1 cm³/mol. The Morgan fingerprint density at radius 1 is 1.33 bits per heavy atom. The maximum Gasteiger partial charge on any atom is 0.129 e. The molecule has 0 aliphatic heterocycles. The van der Waals surface area contributed by atoms with Gasteiger partial charge in [-0.1, -0.05) is 25.7 Å². The fraction of sp³-hybridized carbons (Fsp3) is 0.571. The van der Waals surface area contributed by atoms with Gasteiger partial charge in [0.2, 0.25) is 0 Å². The SMILES string of the molecule is CN(c1cc(C(=N)N)ccn1)C1CCCCCC1. The van der Waals surface area contributed by atoms with Crippen molar-refractivity contribution in [3.05, 3.63) is 23.9 Å². The van der Waals surface area contributed by atoms with Gasteiger partial charge in [0.05, 0.1) is 0 Å². The first kappa shape index (κ1) is 12.9. The summed E-state index contributed by atoms with van der Waals surface area (Å²) in [4.78, 5) is 6.65. The highest BCUT2D eigenvalue weighted by Crippen LogP contribution is 2.24. The van der Waals surface area contributed by atoms with Crippen molar-refractivity contribution >= 4 is 11.7 Å². The number of nitrogens with zero attached hydrogens (tertiary/aromatic N) is 2. The summed E-state index contributed by atoms with van der Waals surface area (Å²) in [7, 11) is 2.10. The van der Waals surface area contributed by atoms with Crippen LogP contribution in [0.3, 0.4) is 0 Å². The van der Waals surface area contributed by atoms with Crippen LogP contribution in [0.1, 0.15) is 44.1 Å². The summed E-state index contributed by atoms with van der Waals surface area (Å²) in [6, 6.07) is 4.27. The van der Waals surface area contributed by atoms with E-state index in [1.54, 1.807) is 12.3 Å². The number of nitrogen functional groups attached to an aromatic ring is 1. The van der Waals surface area contributed by atoms with Crippen molar-refractivity contribution in [3.8, 4) is 0 Å². The topological polar surface area (TPSA) is 66.0 Å². The van der Waals surface area contributed by atoms with Crippen LogP contribution >= 0.6 is 0 Å². The molecule has 0 amide bonds. The maximum atomic E-state index is 7.48. The van der Waals surface area contributed by atoms with Gasteiger partial charge in [-0.3, -0.25) is 5.41 Å². The molecule has 18 heavy (non-hydrogen) atoms. The Kier molecular flexibility index (Phi) is 4.18. The molecule has 0 unspecified atom stereocenters. The van der Waals surface area contributed by atoms with Gasteiger partial charge in [0.15, 0.2) is 0 Å². The summed E-state index contributed by atoms with van der Waals surface area (Å²) in [6.07, 6.45) is 9.53. The number of aromatic nitrogens is 1. The van der Waals surface area contributed by atoms with Crippen LogP contribution in [0.15, 0.2) is 18.3 Å². The molecule has 98 valence electrons. The van der Waals surface area contributed by atoms with Crippen LogP contribution in [0.5, 0.6) is 0 Å². The Labute approximate surface area is 109 Å². The number of rotatable bonds is 3. The first-order valence-corrected chi connectivity index (χ1v) is 6.72. The molecule has 1 aromatic rings. The molecule has 0 spiro atoms. The number of nitrogens with one attached hydrogen (secondary N) is 1. The van der Waals surface area contributed by atoms with Crippen molar-refractivity contribution in [1.82, 2.24) is 4.98 Å². The van der Waals surface area contributed by atoms with E-state index in [-0.39, 0.29) is 5.84 Å². The van der Waals surface area contributed by atoms with Crippen molar-refractivity contribution in [2.75, 3.05) is 11.9 Å². The highest BCUT2D eigenvalue weighted by atomic mass is 15.2. The van der Waals surface area contributed by atoms with Crippen molar-refractivity contribution in [2.45, 2.75) is 44.6 Å². The van der Waals surface area contributed by atoms with Gasteiger partial charge < -0.3 is 10.6 Å². The molecule has 2 rings (SSSR count). The zero-order valence-corrected chi connectivity index (χ0v) is 11.0. The second-order valence-corrected chi connectivity index (χ2v) is 5.07. The molecule has 4 nitrogen and oxygen atoms in total. The largest absolute Gasteiger partial charge is 0.384 e. The number of hydrogen-bond acceptors (Lipinski definition) is 3. The zero-order valence-electron chi connectivity index (χ0n) is 11.0. The number of amidine groups is 1. The fourth-order valence-corrected chi connectivity index (χ4v) is 2.61. The Balaban J connectivity index is 2.13. The van der Waals surface area contributed by atoms with E-state index in [1.807, 2.05) is 6.07 Å². The van der Waals surface area contributed by atoms with Crippen molar-refractivity contribution in [3.63, 3.8) is 0 Å². The summed E-state index contributed by atoms with van der Waals surface area (Å²) in [5, 5.41) is 7.48. The summed E-state index contributed by atoms with van der Waals surface area (Å²) >= 11 is 0.